The normalized spacial score (nSPS) is 18.3. The number of hydrogen-bond donors (Lipinski definition) is 7. The molecule has 9 heteroatoms. The minimum atomic E-state index is -1.69. The van der Waals surface area contributed by atoms with E-state index in [9.17, 15) is 24.9 Å². The number of rotatable bonds is 12. The molecule has 0 aliphatic rings. The largest absolute Gasteiger partial charge is 0.481 e. The van der Waals surface area contributed by atoms with Crippen LogP contribution in [0.4, 0.5) is 0 Å². The Balaban J connectivity index is 5.54. The first kappa shape index (κ1) is 20.9. The fourth-order valence-corrected chi connectivity index (χ4v) is 2.46. The van der Waals surface area contributed by atoms with Crippen LogP contribution < -0.4 is 0 Å². The van der Waals surface area contributed by atoms with Gasteiger partial charge in [0.15, 0.2) is 0 Å². The van der Waals surface area contributed by atoms with Crippen LogP contribution in [0, 0.1) is 5.41 Å². The second kappa shape index (κ2) is 9.82. The molecule has 0 aromatic rings. The third-order valence-electron chi connectivity index (χ3n) is 3.41. The average Bonchev–Trinajstić information content (AvgIpc) is 2.45. The van der Waals surface area contributed by atoms with E-state index in [1.54, 1.807) is 0 Å². The van der Waals surface area contributed by atoms with E-state index in [1.165, 1.54) is 0 Å². The van der Waals surface area contributed by atoms with Gasteiger partial charge in [-0.2, -0.15) is 0 Å². The van der Waals surface area contributed by atoms with E-state index in [0.717, 1.165) is 0 Å². The van der Waals surface area contributed by atoms with Crippen molar-refractivity contribution < 1.29 is 45.3 Å². The van der Waals surface area contributed by atoms with E-state index in [4.69, 9.17) is 20.4 Å². The highest BCUT2D eigenvalue weighted by atomic mass is 16.4. The lowest BCUT2D eigenvalue weighted by Gasteiger charge is -2.36. The number of Topliss-reactive ketones (excluding diaryl/α,β-unsaturated/α-hetero) is 1. The molecule has 0 heterocycles. The number of aliphatic carboxylic acids is 1. The molecular formula is C13H24O9. The Labute approximate surface area is 127 Å². The van der Waals surface area contributed by atoms with Crippen LogP contribution in [0.1, 0.15) is 25.7 Å². The predicted molar refractivity (Wildman–Crippen MR) is 72.8 cm³/mol. The van der Waals surface area contributed by atoms with Gasteiger partial charge >= 0.3 is 5.97 Å². The molecule has 0 rings (SSSR count). The van der Waals surface area contributed by atoms with Crippen LogP contribution >= 0.6 is 0 Å². The highest BCUT2D eigenvalue weighted by Gasteiger charge is 2.43. The van der Waals surface area contributed by atoms with Gasteiger partial charge < -0.3 is 35.7 Å². The summed E-state index contributed by atoms with van der Waals surface area (Å²) in [4.78, 5) is 23.0. The number of carboxylic acids is 1. The summed E-state index contributed by atoms with van der Waals surface area (Å²) < 4.78 is 0. The Morgan fingerprint density at radius 2 is 1.09 bits per heavy atom. The molecule has 130 valence electrons. The summed E-state index contributed by atoms with van der Waals surface area (Å²) in [5.74, 6) is -2.29. The predicted octanol–water partition coefficient (Wildman–Crippen LogP) is -2.75. The Kier molecular flexibility index (Phi) is 9.33. The van der Waals surface area contributed by atoms with E-state index >= 15 is 0 Å². The maximum Gasteiger partial charge on any atom is 0.310 e. The van der Waals surface area contributed by atoms with Gasteiger partial charge in [0, 0.05) is 5.41 Å². The second-order valence-electron chi connectivity index (χ2n) is 5.40. The molecule has 0 radical (unpaired) electrons. The topological polar surface area (TPSA) is 176 Å². The van der Waals surface area contributed by atoms with Crippen LogP contribution in [0.15, 0.2) is 0 Å². The molecule has 3 unspecified atom stereocenters. The molecule has 3 atom stereocenters. The Morgan fingerprint density at radius 1 is 0.773 bits per heavy atom. The lowest BCUT2D eigenvalue weighted by molar-refractivity contribution is -0.147. The fourth-order valence-electron chi connectivity index (χ4n) is 2.46. The van der Waals surface area contributed by atoms with Gasteiger partial charge in [-0.15, -0.1) is 0 Å². The van der Waals surface area contributed by atoms with Gasteiger partial charge in [-0.3, -0.25) is 9.59 Å². The molecular weight excluding hydrogens is 300 g/mol. The van der Waals surface area contributed by atoms with Crippen molar-refractivity contribution >= 4 is 11.8 Å². The summed E-state index contributed by atoms with van der Waals surface area (Å²) in [7, 11) is 0. The zero-order valence-corrected chi connectivity index (χ0v) is 12.1. The number of aliphatic hydroxyl groups is 6. The molecule has 0 amide bonds. The van der Waals surface area contributed by atoms with Crippen molar-refractivity contribution in [3.05, 3.63) is 0 Å². The summed E-state index contributed by atoms with van der Waals surface area (Å²) in [6.45, 7) is -2.11. The quantitative estimate of drug-likeness (QED) is 0.187. The Morgan fingerprint density at radius 3 is 1.32 bits per heavy atom. The third-order valence-corrected chi connectivity index (χ3v) is 3.41. The third kappa shape index (κ3) is 6.77. The summed E-state index contributed by atoms with van der Waals surface area (Å²) in [5, 5.41) is 64.4. The van der Waals surface area contributed by atoms with Gasteiger partial charge in [0.05, 0.1) is 38.1 Å². The Bertz CT molecular complexity index is 326. The van der Waals surface area contributed by atoms with E-state index < -0.39 is 81.0 Å². The van der Waals surface area contributed by atoms with Crippen molar-refractivity contribution in [3.63, 3.8) is 0 Å². The lowest BCUT2D eigenvalue weighted by atomic mass is 9.69. The monoisotopic (exact) mass is 324 g/mol. The standard InChI is InChI=1S/C13H24O9/c14-5-8(17)2-13(3-9(18)6-15,4-10(19)7-16)11(20)1-12(21)22/h8-10,14-19H,1-7H2,(H,21,22). The van der Waals surface area contributed by atoms with Crippen LogP contribution in [0.25, 0.3) is 0 Å². The molecule has 22 heavy (non-hydrogen) atoms. The van der Waals surface area contributed by atoms with Crippen LogP contribution in [0.5, 0.6) is 0 Å². The zero-order valence-electron chi connectivity index (χ0n) is 12.1. The molecule has 0 saturated heterocycles. The first-order valence-corrected chi connectivity index (χ1v) is 6.82. The minimum absolute atomic E-state index is 0.413. The SMILES string of the molecule is O=C(O)CC(=O)C(CC(O)CO)(CC(O)CO)CC(O)CO. The zero-order chi connectivity index (χ0) is 17.3. The van der Waals surface area contributed by atoms with Crippen LogP contribution in [0.2, 0.25) is 0 Å². The van der Waals surface area contributed by atoms with Gasteiger partial charge in [-0.05, 0) is 19.3 Å². The molecule has 7 N–H and O–H groups in total. The number of aliphatic hydroxyl groups excluding tert-OH is 6. The van der Waals surface area contributed by atoms with Crippen molar-refractivity contribution in [1.29, 1.82) is 0 Å². The summed E-state index contributed by atoms with van der Waals surface area (Å²) in [6.07, 6.45) is -6.29. The van der Waals surface area contributed by atoms with Gasteiger partial charge in [0.1, 0.15) is 12.2 Å². The van der Waals surface area contributed by atoms with Gasteiger partial charge in [-0.1, -0.05) is 0 Å². The maximum atomic E-state index is 12.3. The van der Waals surface area contributed by atoms with Gasteiger partial charge in [0.2, 0.25) is 0 Å². The average molecular weight is 324 g/mol. The molecule has 0 aromatic carbocycles. The van der Waals surface area contributed by atoms with Gasteiger partial charge in [-0.25, -0.2) is 0 Å². The Hall–Kier alpha value is -1.10. The van der Waals surface area contributed by atoms with E-state index in [0.29, 0.717) is 0 Å². The van der Waals surface area contributed by atoms with E-state index in [2.05, 4.69) is 0 Å². The highest BCUT2D eigenvalue weighted by molar-refractivity contribution is 5.98. The molecule has 0 aromatic heterocycles. The van der Waals surface area contributed by atoms with Crippen molar-refractivity contribution in [1.82, 2.24) is 0 Å². The van der Waals surface area contributed by atoms with Crippen LogP contribution in [0.3, 0.4) is 0 Å². The molecule has 0 bridgehead atoms. The first-order valence-electron chi connectivity index (χ1n) is 6.82. The van der Waals surface area contributed by atoms with Crippen molar-refractivity contribution in [2.24, 2.45) is 5.41 Å². The number of ketones is 1. The van der Waals surface area contributed by atoms with Gasteiger partial charge in [0.25, 0.3) is 0 Å². The number of carbonyl (C=O) groups is 2. The first-order chi connectivity index (χ1) is 10.2. The molecule has 0 fully saturated rings. The molecule has 9 nitrogen and oxygen atoms in total. The van der Waals surface area contributed by atoms with E-state index in [-0.39, 0.29) is 0 Å². The van der Waals surface area contributed by atoms with E-state index in [1.807, 2.05) is 0 Å². The summed E-state index contributed by atoms with van der Waals surface area (Å²) in [5.41, 5.74) is -1.69. The number of carbonyl (C=O) groups excluding carboxylic acids is 1. The minimum Gasteiger partial charge on any atom is -0.481 e. The highest BCUT2D eigenvalue weighted by Crippen LogP contribution is 2.37. The lowest BCUT2D eigenvalue weighted by Crippen LogP contribution is -2.43. The van der Waals surface area contributed by atoms with Crippen molar-refractivity contribution in [2.75, 3.05) is 19.8 Å². The number of carboxylic acid groups (broad SMARTS) is 1. The molecule has 0 aliphatic heterocycles. The summed E-state index contributed by atoms with van der Waals surface area (Å²) >= 11 is 0. The summed E-state index contributed by atoms with van der Waals surface area (Å²) in [6, 6.07) is 0. The maximum absolute atomic E-state index is 12.3. The van der Waals surface area contributed by atoms with Crippen LogP contribution in [-0.4, -0.2) is 85.6 Å². The fraction of sp³-hybridized carbons (Fsp3) is 0.846. The molecule has 0 spiro atoms. The second-order valence-corrected chi connectivity index (χ2v) is 5.40. The van der Waals surface area contributed by atoms with Crippen LogP contribution in [-0.2, 0) is 9.59 Å². The van der Waals surface area contributed by atoms with Crippen molar-refractivity contribution in [2.45, 2.75) is 44.0 Å². The molecule has 0 saturated carbocycles. The van der Waals surface area contributed by atoms with Crippen molar-refractivity contribution in [3.8, 4) is 0 Å². The molecule has 0 aliphatic carbocycles. The smallest absolute Gasteiger partial charge is 0.310 e. The number of hydrogen-bond acceptors (Lipinski definition) is 8.